The summed E-state index contributed by atoms with van der Waals surface area (Å²) in [5.41, 5.74) is 0.860. The minimum absolute atomic E-state index is 0.178. The number of hydrogen-bond donors (Lipinski definition) is 1. The van der Waals surface area contributed by atoms with Crippen LogP contribution >= 0.6 is 0 Å². The lowest BCUT2D eigenvalue weighted by molar-refractivity contribution is -0.150. The molecule has 1 N–H and O–H groups in total. The van der Waals surface area contributed by atoms with Crippen molar-refractivity contribution >= 4 is 18.0 Å². The quantitative estimate of drug-likeness (QED) is 0.595. The minimum atomic E-state index is -0.804. The predicted molar refractivity (Wildman–Crippen MR) is 102 cm³/mol. The second-order valence-electron chi connectivity index (χ2n) is 6.79. The number of carbonyl (C=O) groups is 2. The van der Waals surface area contributed by atoms with Crippen LogP contribution in [0.3, 0.4) is 0 Å². The van der Waals surface area contributed by atoms with Gasteiger partial charge in [-0.3, -0.25) is 4.79 Å². The molecule has 0 heterocycles. The molecule has 3 atom stereocenters. The first-order valence-corrected chi connectivity index (χ1v) is 9.41. The zero-order valence-electron chi connectivity index (χ0n) is 15.9. The third-order valence-corrected chi connectivity index (χ3v) is 4.70. The van der Waals surface area contributed by atoms with Crippen LogP contribution in [0.4, 0.5) is 0 Å². The summed E-state index contributed by atoms with van der Waals surface area (Å²) in [7, 11) is 0. The molecule has 1 aliphatic rings. The smallest absolute Gasteiger partial charge is 0.331 e. The number of hydrogen-bond acceptors (Lipinski definition) is 4. The van der Waals surface area contributed by atoms with Gasteiger partial charge in [0.05, 0.1) is 6.61 Å². The summed E-state index contributed by atoms with van der Waals surface area (Å²) in [6.07, 6.45) is 6.66. The van der Waals surface area contributed by atoms with Crippen LogP contribution in [0.5, 0.6) is 5.75 Å². The Morgan fingerprint density at radius 2 is 1.92 bits per heavy atom. The highest BCUT2D eigenvalue weighted by Crippen LogP contribution is 2.23. The van der Waals surface area contributed by atoms with Crippen molar-refractivity contribution in [3.63, 3.8) is 0 Å². The summed E-state index contributed by atoms with van der Waals surface area (Å²) in [5, 5.41) is 3.01. The van der Waals surface area contributed by atoms with Crippen LogP contribution in [0, 0.1) is 5.92 Å². The van der Waals surface area contributed by atoms with Crippen molar-refractivity contribution in [1.82, 2.24) is 5.32 Å². The van der Waals surface area contributed by atoms with E-state index in [1.54, 1.807) is 13.0 Å². The number of nitrogens with one attached hydrogen (secondary N) is 1. The van der Waals surface area contributed by atoms with E-state index in [4.69, 9.17) is 9.47 Å². The molecule has 0 saturated heterocycles. The zero-order chi connectivity index (χ0) is 18.9. The van der Waals surface area contributed by atoms with Gasteiger partial charge in [-0.2, -0.15) is 0 Å². The molecule has 2 rings (SSSR count). The van der Waals surface area contributed by atoms with Crippen LogP contribution in [0.15, 0.2) is 30.3 Å². The Morgan fingerprint density at radius 3 is 2.58 bits per heavy atom. The third-order valence-electron chi connectivity index (χ3n) is 4.70. The number of ether oxygens (including phenoxy) is 2. The van der Waals surface area contributed by atoms with Gasteiger partial charge in [-0.05, 0) is 56.4 Å². The fourth-order valence-corrected chi connectivity index (χ4v) is 3.10. The lowest BCUT2D eigenvalue weighted by Gasteiger charge is -2.30. The maximum Gasteiger partial charge on any atom is 0.331 e. The van der Waals surface area contributed by atoms with Crippen molar-refractivity contribution in [3.05, 3.63) is 35.9 Å². The van der Waals surface area contributed by atoms with Gasteiger partial charge >= 0.3 is 5.97 Å². The van der Waals surface area contributed by atoms with Crippen molar-refractivity contribution in [2.45, 2.75) is 58.6 Å². The molecule has 5 nitrogen and oxygen atoms in total. The first kappa shape index (κ1) is 20.0. The summed E-state index contributed by atoms with van der Waals surface area (Å²) in [6.45, 7) is 6.29. The normalized spacial score (nSPS) is 21.2. The van der Waals surface area contributed by atoms with Crippen LogP contribution in [0.25, 0.3) is 6.08 Å². The maximum absolute atomic E-state index is 12.2. The van der Waals surface area contributed by atoms with E-state index in [0.29, 0.717) is 12.5 Å². The summed E-state index contributed by atoms with van der Waals surface area (Å²) >= 11 is 0. The zero-order valence-corrected chi connectivity index (χ0v) is 15.9. The molecule has 1 aromatic carbocycles. The lowest BCUT2D eigenvalue weighted by atomic mass is 9.86. The van der Waals surface area contributed by atoms with E-state index in [1.807, 2.05) is 31.2 Å². The van der Waals surface area contributed by atoms with Crippen molar-refractivity contribution in [2.24, 2.45) is 5.92 Å². The van der Waals surface area contributed by atoms with Crippen LogP contribution < -0.4 is 10.1 Å². The molecule has 0 aliphatic heterocycles. The van der Waals surface area contributed by atoms with Gasteiger partial charge in [-0.1, -0.05) is 31.9 Å². The highest BCUT2D eigenvalue weighted by molar-refractivity contribution is 5.90. The molecule has 26 heavy (non-hydrogen) atoms. The Bertz CT molecular complexity index is 623. The van der Waals surface area contributed by atoms with Crippen LogP contribution in [0.2, 0.25) is 0 Å². The summed E-state index contributed by atoms with van der Waals surface area (Å²) < 4.78 is 10.6. The topological polar surface area (TPSA) is 64.6 Å². The molecule has 142 valence electrons. The fraction of sp³-hybridized carbons (Fsp3) is 0.524. The highest BCUT2D eigenvalue weighted by Gasteiger charge is 2.25. The van der Waals surface area contributed by atoms with Crippen LogP contribution in [-0.4, -0.2) is 30.6 Å². The molecule has 5 heteroatoms. The molecule has 0 radical (unpaired) electrons. The summed E-state index contributed by atoms with van der Waals surface area (Å²) in [6, 6.07) is 7.58. The van der Waals surface area contributed by atoms with Crippen molar-refractivity contribution in [3.8, 4) is 5.75 Å². The second kappa shape index (κ2) is 10.00. The Hall–Kier alpha value is -2.30. The molecular weight excluding hydrogens is 330 g/mol. The molecule has 0 unspecified atom stereocenters. The van der Waals surface area contributed by atoms with Gasteiger partial charge in [0.1, 0.15) is 5.75 Å². The first-order valence-electron chi connectivity index (χ1n) is 9.41. The van der Waals surface area contributed by atoms with Gasteiger partial charge in [0.2, 0.25) is 0 Å². The average molecular weight is 359 g/mol. The standard InChI is InChI=1S/C21H29NO4/c1-4-25-18-12-9-17(10-13-18)11-14-20(23)26-16(3)21(24)22-19-8-6-5-7-15(19)2/h9-16,19H,4-8H2,1-3H3,(H,22,24)/b14-11+/t15-,16+,19-/m0/s1. The summed E-state index contributed by atoms with van der Waals surface area (Å²) in [4.78, 5) is 24.2. The second-order valence-corrected chi connectivity index (χ2v) is 6.79. The predicted octanol–water partition coefficient (Wildman–Crippen LogP) is 3.73. The molecule has 1 fully saturated rings. The molecule has 0 aromatic heterocycles. The number of amides is 1. The molecule has 0 bridgehead atoms. The molecule has 1 saturated carbocycles. The van der Waals surface area contributed by atoms with E-state index in [1.165, 1.54) is 12.5 Å². The van der Waals surface area contributed by atoms with Crippen LogP contribution in [-0.2, 0) is 14.3 Å². The molecule has 1 aliphatic carbocycles. The SMILES string of the molecule is CCOc1ccc(/C=C/C(=O)O[C@H](C)C(=O)N[C@H]2CCCC[C@@H]2C)cc1. The van der Waals surface area contributed by atoms with E-state index in [2.05, 4.69) is 12.2 Å². The number of esters is 1. The molecular formula is C21H29NO4. The largest absolute Gasteiger partial charge is 0.494 e. The van der Waals surface area contributed by atoms with Gasteiger partial charge in [-0.15, -0.1) is 0 Å². The van der Waals surface area contributed by atoms with Crippen LogP contribution in [0.1, 0.15) is 52.0 Å². The molecule has 0 spiro atoms. The van der Waals surface area contributed by atoms with E-state index in [0.717, 1.165) is 30.6 Å². The molecule has 1 amide bonds. The number of rotatable bonds is 7. The first-order chi connectivity index (χ1) is 12.5. The van der Waals surface area contributed by atoms with E-state index in [9.17, 15) is 9.59 Å². The number of benzene rings is 1. The molecule has 1 aromatic rings. The third kappa shape index (κ3) is 6.21. The van der Waals surface area contributed by atoms with Gasteiger partial charge in [0.25, 0.3) is 5.91 Å². The van der Waals surface area contributed by atoms with Gasteiger partial charge in [-0.25, -0.2) is 4.79 Å². The average Bonchev–Trinajstić information content (AvgIpc) is 2.63. The Kier molecular flexibility index (Phi) is 7.70. The highest BCUT2D eigenvalue weighted by atomic mass is 16.5. The summed E-state index contributed by atoms with van der Waals surface area (Å²) in [5.74, 6) is 0.495. The monoisotopic (exact) mass is 359 g/mol. The van der Waals surface area contributed by atoms with Crippen molar-refractivity contribution in [2.75, 3.05) is 6.61 Å². The van der Waals surface area contributed by atoms with Gasteiger partial charge in [0.15, 0.2) is 6.10 Å². The van der Waals surface area contributed by atoms with E-state index >= 15 is 0 Å². The maximum atomic E-state index is 12.2. The number of carbonyl (C=O) groups excluding carboxylic acids is 2. The van der Waals surface area contributed by atoms with E-state index in [-0.39, 0.29) is 11.9 Å². The Labute approximate surface area is 155 Å². The lowest BCUT2D eigenvalue weighted by Crippen LogP contribution is -2.45. The van der Waals surface area contributed by atoms with Crippen molar-refractivity contribution < 1.29 is 19.1 Å². The fourth-order valence-electron chi connectivity index (χ4n) is 3.10. The Morgan fingerprint density at radius 1 is 1.23 bits per heavy atom. The van der Waals surface area contributed by atoms with Gasteiger partial charge in [0, 0.05) is 12.1 Å². The minimum Gasteiger partial charge on any atom is -0.494 e. The van der Waals surface area contributed by atoms with E-state index < -0.39 is 12.1 Å². The Balaban J connectivity index is 1.81. The van der Waals surface area contributed by atoms with Gasteiger partial charge < -0.3 is 14.8 Å². The van der Waals surface area contributed by atoms with Crippen molar-refractivity contribution in [1.29, 1.82) is 0 Å².